The third kappa shape index (κ3) is 2.99. The molecule has 0 radical (unpaired) electrons. The van der Waals surface area contributed by atoms with E-state index in [1.54, 1.807) is 36.7 Å². The van der Waals surface area contributed by atoms with Gasteiger partial charge in [0.15, 0.2) is 0 Å². The number of rotatable bonds is 3. The maximum Gasteiger partial charge on any atom is 0.228 e. The third-order valence-electron chi connectivity index (χ3n) is 5.71. The number of hydrogen-bond acceptors (Lipinski definition) is 4. The lowest BCUT2D eigenvalue weighted by Gasteiger charge is -2.30. The molecule has 5 rings (SSSR count). The Kier molecular flexibility index (Phi) is 3.91. The van der Waals surface area contributed by atoms with Crippen LogP contribution in [-0.2, 0) is 4.79 Å². The Bertz CT molecular complexity index is 920. The van der Waals surface area contributed by atoms with Crippen molar-refractivity contribution < 1.29 is 9.18 Å². The number of amides is 1. The summed E-state index contributed by atoms with van der Waals surface area (Å²) in [6, 6.07) is 11.9. The van der Waals surface area contributed by atoms with Gasteiger partial charge in [-0.25, -0.2) is 4.39 Å². The number of anilines is 2. The van der Waals surface area contributed by atoms with Crippen molar-refractivity contribution in [2.45, 2.75) is 6.17 Å². The van der Waals surface area contributed by atoms with Gasteiger partial charge in [0.05, 0.1) is 6.34 Å². The molecule has 1 saturated heterocycles. The molecule has 0 aromatic heterocycles. The molecule has 3 aliphatic rings. The van der Waals surface area contributed by atoms with Crippen molar-refractivity contribution in [3.05, 3.63) is 58.9 Å². The van der Waals surface area contributed by atoms with Gasteiger partial charge in [0.1, 0.15) is 12.0 Å². The van der Waals surface area contributed by atoms with E-state index in [0.29, 0.717) is 16.9 Å². The van der Waals surface area contributed by atoms with E-state index in [1.165, 1.54) is 12.1 Å². The normalized spacial score (nSPS) is 28.2. The van der Waals surface area contributed by atoms with Crippen LogP contribution in [0, 0.1) is 23.6 Å². The fourth-order valence-electron chi connectivity index (χ4n) is 4.33. The first kappa shape index (κ1) is 16.7. The van der Waals surface area contributed by atoms with Crippen molar-refractivity contribution in [3.63, 3.8) is 0 Å². The Balaban J connectivity index is 1.24. The van der Waals surface area contributed by atoms with E-state index < -0.39 is 0 Å². The van der Waals surface area contributed by atoms with Gasteiger partial charge in [0.2, 0.25) is 5.91 Å². The van der Waals surface area contributed by atoms with Gasteiger partial charge in [-0.2, -0.15) is 0 Å². The molecule has 138 valence electrons. The van der Waals surface area contributed by atoms with Crippen molar-refractivity contribution in [1.82, 2.24) is 4.90 Å². The maximum absolute atomic E-state index is 13.7. The summed E-state index contributed by atoms with van der Waals surface area (Å²) in [5.74, 6) is 0.503. The zero-order chi connectivity index (χ0) is 18.5. The van der Waals surface area contributed by atoms with Crippen molar-refractivity contribution >= 4 is 35.2 Å². The van der Waals surface area contributed by atoms with Crippen LogP contribution in [0.15, 0.2) is 47.5 Å². The van der Waals surface area contributed by atoms with Crippen LogP contribution in [0.1, 0.15) is 11.7 Å². The molecule has 5 nitrogen and oxygen atoms in total. The summed E-state index contributed by atoms with van der Waals surface area (Å²) < 4.78 is 13.7. The van der Waals surface area contributed by atoms with E-state index >= 15 is 0 Å². The predicted octanol–water partition coefficient (Wildman–Crippen LogP) is 3.75. The molecule has 2 unspecified atom stereocenters. The molecule has 1 amide bonds. The molecule has 1 saturated carbocycles. The topological polar surface area (TPSA) is 56.7 Å². The van der Waals surface area contributed by atoms with Crippen molar-refractivity contribution in [3.8, 4) is 0 Å². The van der Waals surface area contributed by atoms with E-state index in [-0.39, 0.29) is 23.8 Å². The van der Waals surface area contributed by atoms with Crippen molar-refractivity contribution in [1.29, 1.82) is 0 Å². The molecule has 0 spiro atoms. The minimum absolute atomic E-state index is 0.0367. The molecule has 7 heteroatoms. The highest BCUT2D eigenvalue weighted by Gasteiger charge is 2.60. The Morgan fingerprint density at radius 1 is 1.19 bits per heavy atom. The van der Waals surface area contributed by atoms with Crippen LogP contribution in [0.5, 0.6) is 0 Å². The molecular formula is C20H18ClFN4O. The van der Waals surface area contributed by atoms with Gasteiger partial charge in [-0.3, -0.25) is 14.7 Å². The number of benzene rings is 2. The lowest BCUT2D eigenvalue weighted by molar-refractivity contribution is -0.118. The second-order valence-electron chi connectivity index (χ2n) is 7.33. The summed E-state index contributed by atoms with van der Waals surface area (Å²) in [6.45, 7) is 1.59. The number of carbonyl (C=O) groups excluding carboxylic acids is 1. The number of fused-ring (bicyclic) bond motifs is 2. The van der Waals surface area contributed by atoms with Gasteiger partial charge < -0.3 is 10.6 Å². The Labute approximate surface area is 161 Å². The molecule has 2 heterocycles. The lowest BCUT2D eigenvalue weighted by atomic mass is 10.1. The monoisotopic (exact) mass is 384 g/mol. The lowest BCUT2D eigenvalue weighted by Crippen LogP contribution is -2.32. The Morgan fingerprint density at radius 2 is 1.93 bits per heavy atom. The molecule has 4 atom stereocenters. The van der Waals surface area contributed by atoms with E-state index in [2.05, 4.69) is 20.5 Å². The number of nitrogens with one attached hydrogen (secondary N) is 2. The van der Waals surface area contributed by atoms with Crippen LogP contribution in [-0.4, -0.2) is 30.2 Å². The van der Waals surface area contributed by atoms with Crippen LogP contribution in [0.4, 0.5) is 15.8 Å². The first-order chi connectivity index (χ1) is 13.1. The molecule has 0 bridgehead atoms. The van der Waals surface area contributed by atoms with Gasteiger partial charge >= 0.3 is 0 Å². The first-order valence-corrected chi connectivity index (χ1v) is 9.36. The number of likely N-dealkylation sites (tertiary alicyclic amines) is 1. The van der Waals surface area contributed by atoms with Gasteiger partial charge in [0.25, 0.3) is 0 Å². The largest absolute Gasteiger partial charge is 0.346 e. The minimum atomic E-state index is -0.262. The number of carbonyl (C=O) groups is 1. The first-order valence-electron chi connectivity index (χ1n) is 8.98. The standard InChI is InChI=1S/C20H18ClFN4O/c21-11-1-4-13(5-2-11)25-20(27)18-15-8-26(9-16(15)18)19-14-7-12(22)3-6-17(14)23-10-24-19/h1-7,10,15-16,18-19H,8-9H2,(H,23,24)(H,25,27)/t15-,16+,18?,19?. The van der Waals surface area contributed by atoms with Crippen molar-refractivity contribution in [2.75, 3.05) is 23.7 Å². The predicted molar refractivity (Wildman–Crippen MR) is 103 cm³/mol. The fourth-order valence-corrected chi connectivity index (χ4v) is 4.46. The molecule has 2 aliphatic heterocycles. The van der Waals surface area contributed by atoms with Crippen LogP contribution in [0.3, 0.4) is 0 Å². The number of hydrogen-bond donors (Lipinski definition) is 2. The molecule has 2 fully saturated rings. The molecule has 2 N–H and O–H groups in total. The number of piperidine rings is 1. The Morgan fingerprint density at radius 3 is 2.67 bits per heavy atom. The molecule has 1 aliphatic carbocycles. The van der Waals surface area contributed by atoms with Crippen LogP contribution < -0.4 is 10.6 Å². The van der Waals surface area contributed by atoms with Crippen LogP contribution >= 0.6 is 11.6 Å². The highest BCUT2D eigenvalue weighted by Crippen LogP contribution is 2.54. The molecule has 2 aromatic carbocycles. The average molecular weight is 385 g/mol. The summed E-state index contributed by atoms with van der Waals surface area (Å²) >= 11 is 5.88. The summed E-state index contributed by atoms with van der Waals surface area (Å²) in [6.07, 6.45) is 1.48. The number of halogens is 2. The van der Waals surface area contributed by atoms with E-state index in [0.717, 1.165) is 30.0 Å². The molecule has 2 aromatic rings. The van der Waals surface area contributed by atoms with Gasteiger partial charge in [-0.1, -0.05) is 11.6 Å². The summed E-state index contributed by atoms with van der Waals surface area (Å²) in [5, 5.41) is 6.68. The Hall–Kier alpha value is -2.44. The van der Waals surface area contributed by atoms with Gasteiger partial charge in [-0.05, 0) is 54.3 Å². The van der Waals surface area contributed by atoms with Crippen molar-refractivity contribution in [2.24, 2.45) is 22.7 Å². The number of nitrogens with zero attached hydrogens (tertiary/aromatic N) is 2. The SMILES string of the molecule is O=C(Nc1ccc(Cl)cc1)C1[C@H]2CN(C3N=CNc4ccc(F)cc43)C[C@@H]12. The fraction of sp³-hybridized carbons (Fsp3) is 0.300. The smallest absolute Gasteiger partial charge is 0.228 e. The highest BCUT2D eigenvalue weighted by atomic mass is 35.5. The minimum Gasteiger partial charge on any atom is -0.346 e. The van der Waals surface area contributed by atoms with Crippen LogP contribution in [0.2, 0.25) is 5.02 Å². The summed E-state index contributed by atoms with van der Waals surface area (Å²) in [4.78, 5) is 19.3. The maximum atomic E-state index is 13.7. The second-order valence-corrected chi connectivity index (χ2v) is 7.77. The van der Waals surface area contributed by atoms with E-state index in [4.69, 9.17) is 11.6 Å². The quantitative estimate of drug-likeness (QED) is 0.847. The third-order valence-corrected chi connectivity index (χ3v) is 5.96. The summed E-state index contributed by atoms with van der Waals surface area (Å²) in [5.41, 5.74) is 2.49. The van der Waals surface area contributed by atoms with Gasteiger partial charge in [-0.15, -0.1) is 0 Å². The molecule has 27 heavy (non-hydrogen) atoms. The summed E-state index contributed by atoms with van der Waals surface area (Å²) in [7, 11) is 0. The van der Waals surface area contributed by atoms with E-state index in [1.807, 2.05) is 0 Å². The molecular weight excluding hydrogens is 367 g/mol. The zero-order valence-electron chi connectivity index (χ0n) is 14.4. The second kappa shape index (κ2) is 6.32. The zero-order valence-corrected chi connectivity index (χ0v) is 15.2. The van der Waals surface area contributed by atoms with Gasteiger partial charge in [0, 0.05) is 41.0 Å². The highest BCUT2D eigenvalue weighted by molar-refractivity contribution is 6.30. The van der Waals surface area contributed by atoms with Crippen LogP contribution in [0.25, 0.3) is 0 Å². The average Bonchev–Trinajstić information content (AvgIpc) is 3.17. The number of aliphatic imine (C=N–C) groups is 1. The van der Waals surface area contributed by atoms with E-state index in [9.17, 15) is 9.18 Å².